The minimum Gasteiger partial charge on any atom is -0.465 e. The monoisotopic (exact) mass is 368 g/mol. The molecule has 0 aromatic heterocycles. The molecule has 0 N–H and O–H groups in total. The number of rotatable bonds is 9. The predicted octanol–water partition coefficient (Wildman–Crippen LogP) is 5.53. The van der Waals surface area contributed by atoms with Crippen LogP contribution < -0.4 is 0 Å². The molecule has 152 valence electrons. The first kappa shape index (κ1) is 23.0. The van der Waals surface area contributed by atoms with Crippen LogP contribution in [0.1, 0.15) is 93.4 Å². The molecule has 0 heterocycles. The van der Waals surface area contributed by atoms with E-state index in [1.54, 1.807) is 0 Å². The molecule has 1 rings (SSSR count). The van der Waals surface area contributed by atoms with Gasteiger partial charge in [-0.05, 0) is 50.4 Å². The Labute approximate surface area is 160 Å². The first-order valence-corrected chi connectivity index (χ1v) is 10.5. The number of esters is 2. The van der Waals surface area contributed by atoms with Gasteiger partial charge < -0.3 is 9.47 Å². The van der Waals surface area contributed by atoms with Crippen LogP contribution in [0.25, 0.3) is 0 Å². The van der Waals surface area contributed by atoms with Gasteiger partial charge in [-0.15, -0.1) is 0 Å². The van der Waals surface area contributed by atoms with E-state index in [9.17, 15) is 9.59 Å². The summed E-state index contributed by atoms with van der Waals surface area (Å²) < 4.78 is 11.3. The van der Waals surface area contributed by atoms with Crippen LogP contribution in [0, 0.1) is 22.2 Å². The Morgan fingerprint density at radius 1 is 0.923 bits per heavy atom. The number of hydrogen-bond donors (Lipinski definition) is 0. The molecule has 1 saturated carbocycles. The first-order chi connectivity index (χ1) is 12.1. The molecule has 0 aromatic carbocycles. The standard InChI is InChI=1S/C22H40O4/c1-8-11-13-25-18(23)21(7)16-20(5,6)17(4)15-22(21,10-3)19(24)26-14-12-9-2/h17H,8-16H2,1-7H3. The first-order valence-electron chi connectivity index (χ1n) is 10.5. The molecule has 4 nitrogen and oxygen atoms in total. The summed E-state index contributed by atoms with van der Waals surface area (Å²) in [6, 6.07) is 0. The van der Waals surface area contributed by atoms with E-state index in [1.165, 1.54) is 0 Å². The molecule has 0 spiro atoms. The van der Waals surface area contributed by atoms with E-state index < -0.39 is 10.8 Å². The Morgan fingerprint density at radius 3 is 1.88 bits per heavy atom. The fourth-order valence-electron chi connectivity index (χ4n) is 4.45. The van der Waals surface area contributed by atoms with Crippen molar-refractivity contribution in [1.82, 2.24) is 0 Å². The lowest BCUT2D eigenvalue weighted by molar-refractivity contribution is -0.196. The van der Waals surface area contributed by atoms with E-state index in [1.807, 2.05) is 13.8 Å². The highest BCUT2D eigenvalue weighted by Gasteiger charge is 2.64. The van der Waals surface area contributed by atoms with Crippen molar-refractivity contribution in [1.29, 1.82) is 0 Å². The van der Waals surface area contributed by atoms with Gasteiger partial charge in [0, 0.05) is 0 Å². The summed E-state index contributed by atoms with van der Waals surface area (Å²) in [4.78, 5) is 26.4. The van der Waals surface area contributed by atoms with Gasteiger partial charge in [-0.2, -0.15) is 0 Å². The number of hydrogen-bond acceptors (Lipinski definition) is 4. The Kier molecular flexibility index (Phi) is 8.16. The van der Waals surface area contributed by atoms with Crippen LogP contribution >= 0.6 is 0 Å². The molecule has 0 saturated heterocycles. The van der Waals surface area contributed by atoms with E-state index in [0.717, 1.165) is 25.7 Å². The van der Waals surface area contributed by atoms with Crippen molar-refractivity contribution in [2.24, 2.45) is 22.2 Å². The minimum absolute atomic E-state index is 0.0269. The molecule has 3 atom stereocenters. The second-order valence-corrected chi connectivity index (χ2v) is 9.02. The van der Waals surface area contributed by atoms with E-state index in [0.29, 0.717) is 38.4 Å². The van der Waals surface area contributed by atoms with Gasteiger partial charge >= 0.3 is 11.9 Å². The highest BCUT2D eigenvalue weighted by atomic mass is 16.5. The van der Waals surface area contributed by atoms with E-state index >= 15 is 0 Å². The molecule has 1 fully saturated rings. The number of carbonyl (C=O) groups is 2. The van der Waals surface area contributed by atoms with E-state index in [-0.39, 0.29) is 17.4 Å². The highest BCUT2D eigenvalue weighted by molar-refractivity contribution is 5.88. The van der Waals surface area contributed by atoms with Gasteiger partial charge in [-0.25, -0.2) is 0 Å². The third kappa shape index (κ3) is 4.43. The molecule has 0 aliphatic heterocycles. The summed E-state index contributed by atoms with van der Waals surface area (Å²) in [5.41, 5.74) is -1.69. The molecular weight excluding hydrogens is 328 g/mol. The van der Waals surface area contributed by atoms with Crippen LogP contribution in [0.2, 0.25) is 0 Å². The van der Waals surface area contributed by atoms with E-state index in [2.05, 4.69) is 34.6 Å². The molecule has 1 aliphatic carbocycles. The fourth-order valence-corrected chi connectivity index (χ4v) is 4.45. The van der Waals surface area contributed by atoms with Gasteiger partial charge in [0.25, 0.3) is 0 Å². The van der Waals surface area contributed by atoms with Crippen LogP contribution in [0.4, 0.5) is 0 Å². The van der Waals surface area contributed by atoms with Crippen molar-refractivity contribution in [3.63, 3.8) is 0 Å². The van der Waals surface area contributed by atoms with Crippen molar-refractivity contribution < 1.29 is 19.1 Å². The maximum absolute atomic E-state index is 13.2. The zero-order valence-electron chi connectivity index (χ0n) is 18.1. The summed E-state index contributed by atoms with van der Waals surface area (Å²) in [5.74, 6) is -0.122. The van der Waals surface area contributed by atoms with E-state index in [4.69, 9.17) is 9.47 Å². The van der Waals surface area contributed by atoms with Crippen LogP contribution in [-0.4, -0.2) is 25.2 Å². The van der Waals surface area contributed by atoms with Gasteiger partial charge in [0.15, 0.2) is 0 Å². The average Bonchev–Trinajstić information content (AvgIpc) is 2.58. The maximum Gasteiger partial charge on any atom is 0.313 e. The number of unbranched alkanes of at least 4 members (excludes halogenated alkanes) is 2. The molecule has 0 amide bonds. The third-order valence-corrected chi connectivity index (χ3v) is 6.76. The van der Waals surface area contributed by atoms with Gasteiger partial charge in [-0.1, -0.05) is 54.4 Å². The van der Waals surface area contributed by atoms with Crippen molar-refractivity contribution in [3.8, 4) is 0 Å². The van der Waals surface area contributed by atoms with Crippen molar-refractivity contribution in [2.45, 2.75) is 93.4 Å². The molecule has 0 radical (unpaired) electrons. The van der Waals surface area contributed by atoms with Crippen LogP contribution in [0.5, 0.6) is 0 Å². The van der Waals surface area contributed by atoms with Crippen molar-refractivity contribution in [2.75, 3.05) is 13.2 Å². The topological polar surface area (TPSA) is 52.6 Å². The minimum atomic E-state index is -0.852. The second-order valence-electron chi connectivity index (χ2n) is 9.02. The molecule has 4 heteroatoms. The number of ether oxygens (including phenoxy) is 2. The Morgan fingerprint density at radius 2 is 1.42 bits per heavy atom. The SMILES string of the molecule is CCCCOC(=O)C1(C)CC(C)(C)C(C)CC1(CC)C(=O)OCCCC. The third-order valence-electron chi connectivity index (χ3n) is 6.76. The Hall–Kier alpha value is -1.06. The smallest absolute Gasteiger partial charge is 0.313 e. The average molecular weight is 369 g/mol. The van der Waals surface area contributed by atoms with Crippen molar-refractivity contribution >= 4 is 11.9 Å². The van der Waals surface area contributed by atoms with Crippen LogP contribution in [0.15, 0.2) is 0 Å². The summed E-state index contributed by atoms with van der Waals surface area (Å²) >= 11 is 0. The highest BCUT2D eigenvalue weighted by Crippen LogP contribution is 2.61. The lowest BCUT2D eigenvalue weighted by Gasteiger charge is -2.55. The Bertz CT molecular complexity index is 485. The van der Waals surface area contributed by atoms with Gasteiger partial charge in [0.2, 0.25) is 0 Å². The lowest BCUT2D eigenvalue weighted by Crippen LogP contribution is -2.59. The van der Waals surface area contributed by atoms with Gasteiger partial charge in [0.05, 0.1) is 24.0 Å². The van der Waals surface area contributed by atoms with Crippen molar-refractivity contribution in [3.05, 3.63) is 0 Å². The second kappa shape index (κ2) is 9.23. The summed E-state index contributed by atoms with van der Waals surface area (Å²) in [5, 5.41) is 0. The maximum atomic E-state index is 13.2. The largest absolute Gasteiger partial charge is 0.465 e. The number of carbonyl (C=O) groups excluding carboxylic acids is 2. The lowest BCUT2D eigenvalue weighted by atomic mass is 9.47. The summed E-state index contributed by atoms with van der Waals surface area (Å²) in [7, 11) is 0. The van der Waals surface area contributed by atoms with Gasteiger partial charge in [0.1, 0.15) is 0 Å². The zero-order valence-corrected chi connectivity index (χ0v) is 18.1. The Balaban J connectivity index is 3.22. The normalized spacial score (nSPS) is 30.7. The predicted molar refractivity (Wildman–Crippen MR) is 105 cm³/mol. The molecule has 0 aromatic rings. The summed E-state index contributed by atoms with van der Waals surface area (Å²) in [6.07, 6.45) is 5.56. The van der Waals surface area contributed by atoms with Crippen LogP contribution in [-0.2, 0) is 19.1 Å². The van der Waals surface area contributed by atoms with Gasteiger partial charge in [-0.3, -0.25) is 9.59 Å². The zero-order chi connectivity index (χ0) is 20.0. The summed E-state index contributed by atoms with van der Waals surface area (Å²) in [6.45, 7) is 15.5. The molecular formula is C22H40O4. The molecule has 26 heavy (non-hydrogen) atoms. The molecule has 0 bridgehead atoms. The quantitative estimate of drug-likeness (QED) is 0.396. The molecule has 3 unspecified atom stereocenters. The molecule has 1 aliphatic rings. The fraction of sp³-hybridized carbons (Fsp3) is 0.909. The van der Waals surface area contributed by atoms with Crippen LogP contribution in [0.3, 0.4) is 0 Å².